The molecular formula is C19H21N5OS. The largest absolute Gasteiger partial charge is 0.325 e. The molecule has 1 aromatic carbocycles. The lowest BCUT2D eigenvalue weighted by Gasteiger charge is -2.08. The van der Waals surface area contributed by atoms with Crippen LogP contribution >= 0.6 is 11.8 Å². The van der Waals surface area contributed by atoms with Crippen LogP contribution in [0, 0.1) is 13.8 Å². The molecule has 0 fully saturated rings. The minimum atomic E-state index is -0.0664. The standard InChI is InChI=1S/C19H21N5OS/c1-4-24-18(16-7-5-6-10-20-16)22-23-19(24)26-12-17(25)21-15-9-8-13(2)14(3)11-15/h5-11H,4,12H2,1-3H3,(H,21,25). The van der Waals surface area contributed by atoms with Gasteiger partial charge < -0.3 is 9.88 Å². The van der Waals surface area contributed by atoms with E-state index >= 15 is 0 Å². The number of anilines is 1. The normalized spacial score (nSPS) is 10.7. The SMILES string of the molecule is CCn1c(SCC(=O)Nc2ccc(C)c(C)c2)nnc1-c1ccccn1. The molecule has 0 spiro atoms. The lowest BCUT2D eigenvalue weighted by atomic mass is 10.1. The highest BCUT2D eigenvalue weighted by atomic mass is 32.2. The van der Waals surface area contributed by atoms with Gasteiger partial charge in [-0.05, 0) is 56.2 Å². The molecule has 0 saturated heterocycles. The number of amides is 1. The average molecular weight is 367 g/mol. The van der Waals surface area contributed by atoms with E-state index in [0.717, 1.165) is 16.9 Å². The molecule has 0 aliphatic heterocycles. The van der Waals surface area contributed by atoms with Gasteiger partial charge in [-0.25, -0.2) is 0 Å². The molecule has 0 aliphatic carbocycles. The summed E-state index contributed by atoms with van der Waals surface area (Å²) in [5, 5.41) is 12.1. The van der Waals surface area contributed by atoms with Crippen molar-refractivity contribution >= 4 is 23.4 Å². The number of benzene rings is 1. The van der Waals surface area contributed by atoms with E-state index in [9.17, 15) is 4.79 Å². The van der Waals surface area contributed by atoms with E-state index in [2.05, 4.69) is 20.5 Å². The molecular weight excluding hydrogens is 346 g/mol. The predicted octanol–water partition coefficient (Wildman–Crippen LogP) is 3.71. The number of hydrogen-bond acceptors (Lipinski definition) is 5. The van der Waals surface area contributed by atoms with E-state index in [-0.39, 0.29) is 11.7 Å². The molecule has 0 bridgehead atoms. The van der Waals surface area contributed by atoms with Crippen LogP contribution in [0.25, 0.3) is 11.5 Å². The van der Waals surface area contributed by atoms with Crippen molar-refractivity contribution in [1.29, 1.82) is 0 Å². The number of carbonyl (C=O) groups is 1. The van der Waals surface area contributed by atoms with Gasteiger partial charge in [0.2, 0.25) is 5.91 Å². The third-order valence-electron chi connectivity index (χ3n) is 4.05. The molecule has 3 aromatic rings. The Morgan fingerprint density at radius 2 is 2.00 bits per heavy atom. The Hall–Kier alpha value is -2.67. The average Bonchev–Trinajstić information content (AvgIpc) is 3.07. The van der Waals surface area contributed by atoms with Gasteiger partial charge in [0.1, 0.15) is 5.69 Å². The summed E-state index contributed by atoms with van der Waals surface area (Å²) in [6, 6.07) is 11.6. The van der Waals surface area contributed by atoms with Gasteiger partial charge in [-0.1, -0.05) is 23.9 Å². The number of aromatic nitrogens is 4. The van der Waals surface area contributed by atoms with Crippen LogP contribution in [0.1, 0.15) is 18.1 Å². The van der Waals surface area contributed by atoms with Crippen molar-refractivity contribution in [2.75, 3.05) is 11.1 Å². The van der Waals surface area contributed by atoms with Gasteiger partial charge in [0.05, 0.1) is 5.75 Å². The minimum absolute atomic E-state index is 0.0664. The van der Waals surface area contributed by atoms with Crippen molar-refractivity contribution < 1.29 is 4.79 Å². The summed E-state index contributed by atoms with van der Waals surface area (Å²) in [6.45, 7) is 6.81. The molecule has 0 unspecified atom stereocenters. The predicted molar refractivity (Wildman–Crippen MR) is 104 cm³/mol. The molecule has 3 rings (SSSR count). The fraction of sp³-hybridized carbons (Fsp3) is 0.263. The Balaban J connectivity index is 1.67. The van der Waals surface area contributed by atoms with E-state index in [1.54, 1.807) is 6.20 Å². The zero-order valence-corrected chi connectivity index (χ0v) is 15.9. The van der Waals surface area contributed by atoms with Crippen LogP contribution in [-0.4, -0.2) is 31.4 Å². The number of nitrogens with one attached hydrogen (secondary N) is 1. The first-order chi connectivity index (χ1) is 12.6. The Bertz CT molecular complexity index is 908. The fourth-order valence-corrected chi connectivity index (χ4v) is 3.31. The maximum Gasteiger partial charge on any atom is 0.234 e. The first-order valence-electron chi connectivity index (χ1n) is 8.43. The third-order valence-corrected chi connectivity index (χ3v) is 5.02. The molecule has 2 aromatic heterocycles. The second-order valence-electron chi connectivity index (χ2n) is 5.90. The van der Waals surface area contributed by atoms with Crippen molar-refractivity contribution in [2.24, 2.45) is 0 Å². The maximum atomic E-state index is 12.3. The molecule has 134 valence electrons. The molecule has 6 nitrogen and oxygen atoms in total. The van der Waals surface area contributed by atoms with Crippen molar-refractivity contribution in [2.45, 2.75) is 32.5 Å². The number of rotatable bonds is 6. The van der Waals surface area contributed by atoms with Crippen LogP contribution in [0.2, 0.25) is 0 Å². The molecule has 2 heterocycles. The number of pyridine rings is 1. The third kappa shape index (κ3) is 4.11. The fourth-order valence-electron chi connectivity index (χ4n) is 2.51. The summed E-state index contributed by atoms with van der Waals surface area (Å²) in [5.74, 6) is 0.918. The Morgan fingerprint density at radius 3 is 2.69 bits per heavy atom. The van der Waals surface area contributed by atoms with Gasteiger partial charge >= 0.3 is 0 Å². The Morgan fingerprint density at radius 1 is 1.15 bits per heavy atom. The van der Waals surface area contributed by atoms with Crippen molar-refractivity contribution in [3.8, 4) is 11.5 Å². The maximum absolute atomic E-state index is 12.3. The molecule has 1 amide bonds. The highest BCUT2D eigenvalue weighted by Gasteiger charge is 2.15. The van der Waals surface area contributed by atoms with Crippen LogP contribution in [0.4, 0.5) is 5.69 Å². The zero-order valence-electron chi connectivity index (χ0n) is 15.1. The Labute approximate surface area is 157 Å². The van der Waals surface area contributed by atoms with Crippen LogP contribution in [0.3, 0.4) is 0 Å². The second kappa shape index (κ2) is 8.14. The van der Waals surface area contributed by atoms with Gasteiger partial charge in [-0.15, -0.1) is 10.2 Å². The van der Waals surface area contributed by atoms with Gasteiger partial charge in [-0.3, -0.25) is 9.78 Å². The summed E-state index contributed by atoms with van der Waals surface area (Å²) in [4.78, 5) is 16.6. The Kier molecular flexibility index (Phi) is 5.68. The van der Waals surface area contributed by atoms with Gasteiger partial charge in [0, 0.05) is 18.4 Å². The van der Waals surface area contributed by atoms with Crippen LogP contribution in [-0.2, 0) is 11.3 Å². The topological polar surface area (TPSA) is 72.7 Å². The van der Waals surface area contributed by atoms with Crippen LogP contribution < -0.4 is 5.32 Å². The minimum Gasteiger partial charge on any atom is -0.325 e. The van der Waals surface area contributed by atoms with E-state index < -0.39 is 0 Å². The van der Waals surface area contributed by atoms with Crippen molar-refractivity contribution in [3.63, 3.8) is 0 Å². The smallest absolute Gasteiger partial charge is 0.234 e. The number of carbonyl (C=O) groups excluding carboxylic acids is 1. The summed E-state index contributed by atoms with van der Waals surface area (Å²) in [7, 11) is 0. The van der Waals surface area contributed by atoms with Gasteiger partial charge in [-0.2, -0.15) is 0 Å². The summed E-state index contributed by atoms with van der Waals surface area (Å²) in [6.07, 6.45) is 1.73. The van der Waals surface area contributed by atoms with E-state index in [4.69, 9.17) is 0 Å². The van der Waals surface area contributed by atoms with E-state index in [1.807, 2.05) is 61.7 Å². The molecule has 0 aliphatic rings. The van der Waals surface area contributed by atoms with E-state index in [1.165, 1.54) is 17.3 Å². The second-order valence-corrected chi connectivity index (χ2v) is 6.84. The van der Waals surface area contributed by atoms with Crippen molar-refractivity contribution in [3.05, 3.63) is 53.7 Å². The highest BCUT2D eigenvalue weighted by molar-refractivity contribution is 7.99. The first kappa shape index (κ1) is 18.1. The van der Waals surface area contributed by atoms with Gasteiger partial charge in [0.25, 0.3) is 0 Å². The van der Waals surface area contributed by atoms with Crippen LogP contribution in [0.15, 0.2) is 47.8 Å². The zero-order chi connectivity index (χ0) is 18.5. The number of hydrogen-bond donors (Lipinski definition) is 1. The van der Waals surface area contributed by atoms with Gasteiger partial charge in [0.15, 0.2) is 11.0 Å². The van der Waals surface area contributed by atoms with Crippen LogP contribution in [0.5, 0.6) is 0 Å². The lowest BCUT2D eigenvalue weighted by molar-refractivity contribution is -0.113. The molecule has 0 saturated carbocycles. The first-order valence-corrected chi connectivity index (χ1v) is 9.41. The summed E-state index contributed by atoms with van der Waals surface area (Å²) >= 11 is 1.37. The summed E-state index contributed by atoms with van der Waals surface area (Å²) in [5.41, 5.74) is 3.94. The molecule has 0 radical (unpaired) electrons. The quantitative estimate of drug-likeness (QED) is 0.673. The lowest BCUT2D eigenvalue weighted by Crippen LogP contribution is -2.14. The number of nitrogens with zero attached hydrogens (tertiary/aromatic N) is 4. The van der Waals surface area contributed by atoms with Crippen molar-refractivity contribution in [1.82, 2.24) is 19.7 Å². The molecule has 7 heteroatoms. The molecule has 0 atom stereocenters. The molecule has 1 N–H and O–H groups in total. The monoisotopic (exact) mass is 367 g/mol. The number of aryl methyl sites for hydroxylation is 2. The molecule has 26 heavy (non-hydrogen) atoms. The highest BCUT2D eigenvalue weighted by Crippen LogP contribution is 2.23. The van der Waals surface area contributed by atoms with E-state index in [0.29, 0.717) is 17.5 Å². The summed E-state index contributed by atoms with van der Waals surface area (Å²) < 4.78 is 1.97. The number of thioether (sulfide) groups is 1.